The fourth-order valence-corrected chi connectivity index (χ4v) is 3.67. The lowest BCUT2D eigenvalue weighted by atomic mass is 9.98. The maximum Gasteiger partial charge on any atom is 0.186 e. The first-order valence-electron chi connectivity index (χ1n) is 10.9. The highest BCUT2D eigenvalue weighted by atomic mass is 79.9. The van der Waals surface area contributed by atoms with Crippen LogP contribution in [0.25, 0.3) is 0 Å². The van der Waals surface area contributed by atoms with E-state index in [0.717, 1.165) is 31.0 Å². The van der Waals surface area contributed by atoms with Crippen LogP contribution in [0, 0.1) is 0 Å². The van der Waals surface area contributed by atoms with Gasteiger partial charge in [-0.25, -0.2) is 0 Å². The van der Waals surface area contributed by atoms with Gasteiger partial charge in [0.25, 0.3) is 0 Å². The van der Waals surface area contributed by atoms with Crippen molar-refractivity contribution in [2.45, 2.75) is 56.4 Å². The first kappa shape index (κ1) is 28.2. The standard InChI is InChI=1S/C24H39BrO6/c1-5-14-26-19-20-21(27-15-6-2)22(28-16-7-3)23(29-17-8-4)24(31-20)30-18-12-10-9-11-13-25/h5-8,20-24H,1-4,9-19H2/t20-,21-,22+,23-,24-/m1/s1. The number of alkyl halides is 1. The predicted molar refractivity (Wildman–Crippen MR) is 128 cm³/mol. The Balaban J connectivity index is 2.95. The molecular formula is C24H39BrO6. The molecule has 0 N–H and O–H groups in total. The smallest absolute Gasteiger partial charge is 0.186 e. The van der Waals surface area contributed by atoms with Crippen LogP contribution in [0.2, 0.25) is 0 Å². The largest absolute Gasteiger partial charge is 0.375 e. The Kier molecular flexibility index (Phi) is 17.1. The Labute approximate surface area is 196 Å². The minimum absolute atomic E-state index is 0.321. The summed E-state index contributed by atoms with van der Waals surface area (Å²) in [5.74, 6) is 0. The van der Waals surface area contributed by atoms with Crippen LogP contribution in [0.15, 0.2) is 50.6 Å². The van der Waals surface area contributed by atoms with Gasteiger partial charge in [-0.2, -0.15) is 0 Å². The number of halogens is 1. The molecule has 1 fully saturated rings. The molecule has 6 nitrogen and oxygen atoms in total. The summed E-state index contributed by atoms with van der Waals surface area (Å²) in [5, 5.41) is 1.03. The molecule has 0 radical (unpaired) electrons. The minimum atomic E-state index is -0.605. The molecule has 0 aromatic carbocycles. The molecule has 0 saturated carbocycles. The van der Waals surface area contributed by atoms with Crippen molar-refractivity contribution < 1.29 is 28.4 Å². The van der Waals surface area contributed by atoms with Crippen molar-refractivity contribution >= 4 is 15.9 Å². The summed E-state index contributed by atoms with van der Waals surface area (Å²) >= 11 is 3.46. The average molecular weight is 503 g/mol. The minimum Gasteiger partial charge on any atom is -0.375 e. The molecule has 0 unspecified atom stereocenters. The Bertz CT molecular complexity index is 500. The first-order valence-corrected chi connectivity index (χ1v) is 12.0. The summed E-state index contributed by atoms with van der Waals surface area (Å²) in [7, 11) is 0. The average Bonchev–Trinajstić information content (AvgIpc) is 2.78. The molecule has 1 aliphatic rings. The van der Waals surface area contributed by atoms with Crippen LogP contribution in [0.1, 0.15) is 25.7 Å². The van der Waals surface area contributed by atoms with Gasteiger partial charge in [0.2, 0.25) is 0 Å². The summed E-state index contributed by atoms with van der Waals surface area (Å²) in [6.07, 6.45) is 8.84. The van der Waals surface area contributed by atoms with E-state index < -0.39 is 30.7 Å². The fraction of sp³-hybridized carbons (Fsp3) is 0.667. The van der Waals surface area contributed by atoms with Crippen LogP contribution in [-0.2, 0) is 28.4 Å². The normalized spacial score (nSPS) is 25.8. The van der Waals surface area contributed by atoms with E-state index in [1.54, 1.807) is 24.3 Å². The van der Waals surface area contributed by atoms with Gasteiger partial charge >= 0.3 is 0 Å². The first-order chi connectivity index (χ1) is 15.2. The highest BCUT2D eigenvalue weighted by Crippen LogP contribution is 2.29. The molecule has 1 saturated heterocycles. The second-order valence-electron chi connectivity index (χ2n) is 7.10. The SMILES string of the molecule is C=CCOC[C@H]1O[C@@H](OCCCCCCBr)[C@H](OCC=C)[C@@H](OCC=C)[C@@H]1OCC=C. The van der Waals surface area contributed by atoms with Gasteiger partial charge in [-0.05, 0) is 12.8 Å². The molecule has 178 valence electrons. The van der Waals surface area contributed by atoms with Gasteiger partial charge in [0.15, 0.2) is 6.29 Å². The summed E-state index contributed by atoms with van der Waals surface area (Å²) < 4.78 is 36.3. The quantitative estimate of drug-likeness (QED) is 0.138. The number of ether oxygens (including phenoxy) is 6. The monoisotopic (exact) mass is 502 g/mol. The maximum absolute atomic E-state index is 6.28. The van der Waals surface area contributed by atoms with Gasteiger partial charge in [-0.3, -0.25) is 0 Å². The number of hydrogen-bond donors (Lipinski definition) is 0. The predicted octanol–water partition coefficient (Wildman–Crippen LogP) is 4.60. The molecule has 1 rings (SSSR count). The van der Waals surface area contributed by atoms with Crippen molar-refractivity contribution in [1.29, 1.82) is 0 Å². The number of unbranched alkanes of at least 4 members (excludes halogenated alkanes) is 3. The highest BCUT2D eigenvalue weighted by Gasteiger charge is 2.48. The highest BCUT2D eigenvalue weighted by molar-refractivity contribution is 9.09. The van der Waals surface area contributed by atoms with Crippen LogP contribution >= 0.6 is 15.9 Å². The van der Waals surface area contributed by atoms with Crippen LogP contribution in [0.5, 0.6) is 0 Å². The summed E-state index contributed by atoms with van der Waals surface area (Å²) in [4.78, 5) is 0. The van der Waals surface area contributed by atoms with Gasteiger partial charge < -0.3 is 28.4 Å². The van der Waals surface area contributed by atoms with Gasteiger partial charge in [0, 0.05) is 11.9 Å². The van der Waals surface area contributed by atoms with E-state index in [1.807, 2.05) is 0 Å². The van der Waals surface area contributed by atoms with E-state index in [9.17, 15) is 0 Å². The molecule has 0 aliphatic carbocycles. The lowest BCUT2D eigenvalue weighted by molar-refractivity contribution is -0.319. The molecular weight excluding hydrogens is 464 g/mol. The van der Waals surface area contributed by atoms with Crippen LogP contribution in [0.4, 0.5) is 0 Å². The Hall–Kier alpha value is -0.800. The second kappa shape index (κ2) is 18.7. The topological polar surface area (TPSA) is 55.4 Å². The van der Waals surface area contributed by atoms with E-state index in [0.29, 0.717) is 39.6 Å². The van der Waals surface area contributed by atoms with Crippen LogP contribution < -0.4 is 0 Å². The molecule has 1 aliphatic heterocycles. The summed E-state index contributed by atoms with van der Waals surface area (Å²) in [5.41, 5.74) is 0. The van der Waals surface area contributed by atoms with Gasteiger partial charge in [-0.1, -0.05) is 53.1 Å². The molecule has 0 amide bonds. The van der Waals surface area contributed by atoms with Crippen molar-refractivity contribution in [2.75, 3.05) is 45.0 Å². The van der Waals surface area contributed by atoms with Crippen molar-refractivity contribution in [3.05, 3.63) is 50.6 Å². The van der Waals surface area contributed by atoms with Gasteiger partial charge in [-0.15, -0.1) is 26.3 Å². The zero-order chi connectivity index (χ0) is 22.7. The van der Waals surface area contributed by atoms with Crippen molar-refractivity contribution in [1.82, 2.24) is 0 Å². The van der Waals surface area contributed by atoms with Crippen LogP contribution in [-0.4, -0.2) is 75.7 Å². The van der Waals surface area contributed by atoms with E-state index in [4.69, 9.17) is 28.4 Å². The van der Waals surface area contributed by atoms with E-state index in [2.05, 4.69) is 42.2 Å². The molecule has 0 bridgehead atoms. The van der Waals surface area contributed by atoms with E-state index in [1.165, 1.54) is 0 Å². The third-order valence-electron chi connectivity index (χ3n) is 4.64. The third-order valence-corrected chi connectivity index (χ3v) is 5.20. The lowest BCUT2D eigenvalue weighted by Gasteiger charge is -2.45. The molecule has 0 aromatic heterocycles. The fourth-order valence-electron chi connectivity index (χ4n) is 3.27. The zero-order valence-electron chi connectivity index (χ0n) is 18.6. The molecule has 0 aromatic rings. The van der Waals surface area contributed by atoms with Gasteiger partial charge in [0.1, 0.15) is 24.4 Å². The molecule has 31 heavy (non-hydrogen) atoms. The zero-order valence-corrected chi connectivity index (χ0v) is 20.2. The maximum atomic E-state index is 6.28. The van der Waals surface area contributed by atoms with E-state index >= 15 is 0 Å². The summed E-state index contributed by atoms with van der Waals surface area (Å²) in [6, 6.07) is 0. The molecule has 1 heterocycles. The Morgan fingerprint density at radius 2 is 1.26 bits per heavy atom. The van der Waals surface area contributed by atoms with Crippen molar-refractivity contribution in [3.63, 3.8) is 0 Å². The van der Waals surface area contributed by atoms with E-state index in [-0.39, 0.29) is 0 Å². The Morgan fingerprint density at radius 3 is 1.87 bits per heavy atom. The molecule has 5 atom stereocenters. The molecule has 0 spiro atoms. The molecule has 7 heteroatoms. The Morgan fingerprint density at radius 1 is 0.677 bits per heavy atom. The van der Waals surface area contributed by atoms with Crippen molar-refractivity contribution in [2.24, 2.45) is 0 Å². The number of rotatable bonds is 20. The summed E-state index contributed by atoms with van der Waals surface area (Å²) in [6.45, 7) is 17.3. The van der Waals surface area contributed by atoms with Gasteiger partial charge in [0.05, 0.1) is 33.0 Å². The van der Waals surface area contributed by atoms with Crippen LogP contribution in [0.3, 0.4) is 0 Å². The second-order valence-corrected chi connectivity index (χ2v) is 7.90. The third kappa shape index (κ3) is 11.1. The number of hydrogen-bond acceptors (Lipinski definition) is 6. The van der Waals surface area contributed by atoms with Crippen molar-refractivity contribution in [3.8, 4) is 0 Å². The lowest BCUT2D eigenvalue weighted by Crippen LogP contribution is -2.62.